The Morgan fingerprint density at radius 3 is 1.70 bits per heavy atom. The summed E-state index contributed by atoms with van der Waals surface area (Å²) in [4.78, 5) is 13.6. The quantitative estimate of drug-likeness (QED) is 0.128. The summed E-state index contributed by atoms with van der Waals surface area (Å²) in [5.41, 5.74) is 9.37. The molecule has 6 aromatic carbocycles. The van der Waals surface area contributed by atoms with Gasteiger partial charge in [0.15, 0.2) is 6.61 Å². The standard InChI is InChI=1S/C44H36O5S/c1-46-35-21-17-31(18-22-35)38-26-34(27-39(44(38)49-28-42(45)48-3)32-19-23-36(47-2)24-20-32)30-13-15-33(16-14-30)43-37-11-7-8-12-40(37)50-41(43)25-29-9-5-4-6-10-29/h4-24,26-27H,25,28H2,1-3H3. The Hall–Kier alpha value is -5.85. The highest BCUT2D eigenvalue weighted by Crippen LogP contribution is 2.45. The molecule has 0 aliphatic carbocycles. The molecule has 1 aromatic heterocycles. The van der Waals surface area contributed by atoms with Crippen LogP contribution < -0.4 is 14.2 Å². The summed E-state index contributed by atoms with van der Waals surface area (Å²) in [5.74, 6) is 1.63. The largest absolute Gasteiger partial charge is 0.497 e. The zero-order chi connectivity index (χ0) is 34.5. The second-order valence-electron chi connectivity index (χ2n) is 11.9. The normalized spacial score (nSPS) is 10.9. The van der Waals surface area contributed by atoms with Crippen LogP contribution in [0.15, 0.2) is 140 Å². The lowest BCUT2D eigenvalue weighted by atomic mass is 9.91. The lowest BCUT2D eigenvalue weighted by Gasteiger charge is -2.19. The van der Waals surface area contributed by atoms with Crippen molar-refractivity contribution in [2.75, 3.05) is 27.9 Å². The monoisotopic (exact) mass is 676 g/mol. The van der Waals surface area contributed by atoms with Crippen molar-refractivity contribution in [2.24, 2.45) is 0 Å². The average molecular weight is 677 g/mol. The fourth-order valence-corrected chi connectivity index (χ4v) is 7.52. The molecule has 6 heteroatoms. The lowest BCUT2D eigenvalue weighted by Crippen LogP contribution is -2.13. The van der Waals surface area contributed by atoms with Gasteiger partial charge in [-0.05, 0) is 75.8 Å². The minimum atomic E-state index is -0.460. The summed E-state index contributed by atoms with van der Waals surface area (Å²) in [6.07, 6.45) is 0.876. The van der Waals surface area contributed by atoms with Crippen LogP contribution in [0, 0.1) is 0 Å². The van der Waals surface area contributed by atoms with Gasteiger partial charge in [-0.15, -0.1) is 11.3 Å². The smallest absolute Gasteiger partial charge is 0.343 e. The maximum absolute atomic E-state index is 12.3. The molecule has 5 nitrogen and oxygen atoms in total. The number of hydrogen-bond donors (Lipinski definition) is 0. The molecule has 0 fully saturated rings. The third kappa shape index (κ3) is 6.84. The van der Waals surface area contributed by atoms with E-state index >= 15 is 0 Å². The number of methoxy groups -OCH3 is 3. The molecule has 0 aliphatic rings. The van der Waals surface area contributed by atoms with Crippen LogP contribution in [-0.2, 0) is 16.0 Å². The Labute approximate surface area is 296 Å². The predicted molar refractivity (Wildman–Crippen MR) is 203 cm³/mol. The highest BCUT2D eigenvalue weighted by Gasteiger charge is 2.20. The van der Waals surface area contributed by atoms with Crippen LogP contribution in [0.2, 0.25) is 0 Å². The van der Waals surface area contributed by atoms with E-state index in [1.54, 1.807) is 14.2 Å². The SMILES string of the molecule is COC(=O)COc1c(-c2ccc(OC)cc2)cc(-c2ccc(-c3c(Cc4ccccc4)sc4ccccc34)cc2)cc1-c1ccc(OC)cc1. The molecule has 0 aliphatic heterocycles. The van der Waals surface area contributed by atoms with E-state index in [2.05, 4.69) is 91.0 Å². The summed E-state index contributed by atoms with van der Waals surface area (Å²) in [6.45, 7) is -0.225. The van der Waals surface area contributed by atoms with Gasteiger partial charge < -0.3 is 18.9 Å². The van der Waals surface area contributed by atoms with Crippen molar-refractivity contribution in [3.63, 3.8) is 0 Å². The number of fused-ring (bicyclic) bond motifs is 1. The van der Waals surface area contributed by atoms with Crippen LogP contribution in [-0.4, -0.2) is 33.9 Å². The van der Waals surface area contributed by atoms with E-state index < -0.39 is 5.97 Å². The number of hydrogen-bond acceptors (Lipinski definition) is 6. The lowest BCUT2D eigenvalue weighted by molar-refractivity contribution is -0.142. The molecule has 248 valence electrons. The van der Waals surface area contributed by atoms with Crippen molar-refractivity contribution in [2.45, 2.75) is 6.42 Å². The van der Waals surface area contributed by atoms with Gasteiger partial charge in [-0.2, -0.15) is 0 Å². The molecule has 7 rings (SSSR count). The number of carbonyl (C=O) groups is 1. The van der Waals surface area contributed by atoms with Gasteiger partial charge in [-0.3, -0.25) is 0 Å². The van der Waals surface area contributed by atoms with E-state index in [9.17, 15) is 4.79 Å². The number of benzene rings is 6. The van der Waals surface area contributed by atoms with Crippen molar-refractivity contribution >= 4 is 27.4 Å². The van der Waals surface area contributed by atoms with E-state index in [-0.39, 0.29) is 6.61 Å². The maximum atomic E-state index is 12.3. The molecule has 0 N–H and O–H groups in total. The van der Waals surface area contributed by atoms with Crippen LogP contribution in [0.25, 0.3) is 54.6 Å². The molecule has 0 unspecified atom stereocenters. The summed E-state index contributed by atoms with van der Waals surface area (Å²) >= 11 is 1.86. The first-order valence-electron chi connectivity index (χ1n) is 16.4. The second-order valence-corrected chi connectivity index (χ2v) is 13.0. The predicted octanol–water partition coefficient (Wildman–Crippen LogP) is 10.7. The van der Waals surface area contributed by atoms with Gasteiger partial charge in [0.25, 0.3) is 0 Å². The minimum Gasteiger partial charge on any atom is -0.497 e. The fourth-order valence-electron chi connectivity index (χ4n) is 6.26. The molecule has 1 heterocycles. The summed E-state index contributed by atoms with van der Waals surface area (Å²) < 4.78 is 23.4. The van der Waals surface area contributed by atoms with Gasteiger partial charge in [0.05, 0.1) is 21.3 Å². The first kappa shape index (κ1) is 32.7. The van der Waals surface area contributed by atoms with Gasteiger partial charge in [0, 0.05) is 38.1 Å². The van der Waals surface area contributed by atoms with Crippen molar-refractivity contribution in [1.82, 2.24) is 0 Å². The number of thiophene rings is 1. The summed E-state index contributed by atoms with van der Waals surface area (Å²) in [6, 6.07) is 48.1. The van der Waals surface area contributed by atoms with Crippen molar-refractivity contribution < 1.29 is 23.7 Å². The van der Waals surface area contributed by atoms with Gasteiger partial charge in [-0.1, -0.05) is 97.1 Å². The molecule has 0 saturated heterocycles. The second kappa shape index (κ2) is 14.7. The highest BCUT2D eigenvalue weighted by atomic mass is 32.1. The van der Waals surface area contributed by atoms with Crippen LogP contribution in [0.3, 0.4) is 0 Å². The minimum absolute atomic E-state index is 0.225. The molecule has 0 bridgehead atoms. The first-order chi connectivity index (χ1) is 24.5. The van der Waals surface area contributed by atoms with Crippen molar-refractivity contribution in [1.29, 1.82) is 0 Å². The fraction of sp³-hybridized carbons (Fsp3) is 0.114. The number of carbonyl (C=O) groups excluding carboxylic acids is 1. The van der Waals surface area contributed by atoms with Crippen LogP contribution in [0.1, 0.15) is 10.4 Å². The molecular weight excluding hydrogens is 641 g/mol. The molecule has 0 amide bonds. The third-order valence-electron chi connectivity index (χ3n) is 8.84. The van der Waals surface area contributed by atoms with Gasteiger partial charge in [0.1, 0.15) is 17.2 Å². The van der Waals surface area contributed by atoms with Gasteiger partial charge >= 0.3 is 5.97 Å². The van der Waals surface area contributed by atoms with Crippen LogP contribution >= 0.6 is 11.3 Å². The third-order valence-corrected chi connectivity index (χ3v) is 10.0. The van der Waals surface area contributed by atoms with Crippen LogP contribution in [0.5, 0.6) is 17.2 Å². The molecule has 50 heavy (non-hydrogen) atoms. The zero-order valence-corrected chi connectivity index (χ0v) is 29.0. The molecule has 7 aromatic rings. The molecule has 0 atom stereocenters. The van der Waals surface area contributed by atoms with Gasteiger partial charge in [0.2, 0.25) is 0 Å². The average Bonchev–Trinajstić information content (AvgIpc) is 3.54. The molecule has 0 spiro atoms. The van der Waals surface area contributed by atoms with E-state index in [0.717, 1.165) is 51.3 Å². The van der Waals surface area contributed by atoms with E-state index in [1.165, 1.54) is 38.8 Å². The Kier molecular flexibility index (Phi) is 9.63. The topological polar surface area (TPSA) is 54.0 Å². The molecule has 0 radical (unpaired) electrons. The number of esters is 1. The molecule has 0 saturated carbocycles. The molecular formula is C44H36O5S. The first-order valence-corrected chi connectivity index (χ1v) is 17.2. The number of ether oxygens (including phenoxy) is 4. The van der Waals surface area contributed by atoms with E-state index in [1.807, 2.05) is 59.9 Å². The Balaban J connectivity index is 1.36. The Morgan fingerprint density at radius 1 is 0.580 bits per heavy atom. The number of rotatable bonds is 11. The zero-order valence-electron chi connectivity index (χ0n) is 28.1. The summed E-state index contributed by atoms with van der Waals surface area (Å²) in [7, 11) is 4.65. The Morgan fingerprint density at radius 2 is 1.12 bits per heavy atom. The van der Waals surface area contributed by atoms with Gasteiger partial charge in [-0.25, -0.2) is 4.79 Å². The van der Waals surface area contributed by atoms with Crippen molar-refractivity contribution in [3.05, 3.63) is 150 Å². The van der Waals surface area contributed by atoms with Crippen LogP contribution in [0.4, 0.5) is 0 Å². The highest BCUT2D eigenvalue weighted by molar-refractivity contribution is 7.19. The van der Waals surface area contributed by atoms with Crippen molar-refractivity contribution in [3.8, 4) is 61.8 Å². The van der Waals surface area contributed by atoms with E-state index in [4.69, 9.17) is 18.9 Å². The maximum Gasteiger partial charge on any atom is 0.343 e. The summed E-state index contributed by atoms with van der Waals surface area (Å²) in [5, 5.41) is 1.27. The Bertz CT molecular complexity index is 2170. The van der Waals surface area contributed by atoms with E-state index in [0.29, 0.717) is 5.75 Å².